The van der Waals surface area contributed by atoms with Crippen LogP contribution in [0, 0.1) is 0 Å². The van der Waals surface area contributed by atoms with E-state index >= 15 is 0 Å². The van der Waals surface area contributed by atoms with Gasteiger partial charge in [-0.15, -0.1) is 5.10 Å². The summed E-state index contributed by atoms with van der Waals surface area (Å²) in [5.41, 5.74) is 2.23. The van der Waals surface area contributed by atoms with Crippen molar-refractivity contribution in [3.63, 3.8) is 0 Å². The van der Waals surface area contributed by atoms with Gasteiger partial charge in [-0.05, 0) is 30.5 Å². The first kappa shape index (κ1) is 19.1. The maximum atomic E-state index is 13.0. The Kier molecular flexibility index (Phi) is 5.84. The van der Waals surface area contributed by atoms with Gasteiger partial charge in [0, 0.05) is 12.5 Å². The zero-order valence-electron chi connectivity index (χ0n) is 16.3. The number of aromatic nitrogens is 3. The van der Waals surface area contributed by atoms with Gasteiger partial charge >= 0.3 is 6.03 Å². The summed E-state index contributed by atoms with van der Waals surface area (Å²) < 4.78 is 1.21. The molecule has 1 aromatic heterocycles. The second-order valence-electron chi connectivity index (χ2n) is 7.53. The molecule has 1 heterocycles. The van der Waals surface area contributed by atoms with E-state index in [1.54, 1.807) is 12.1 Å². The van der Waals surface area contributed by atoms with Crippen LogP contribution in [0.5, 0.6) is 0 Å². The second-order valence-corrected chi connectivity index (χ2v) is 7.53. The molecule has 1 atom stereocenters. The van der Waals surface area contributed by atoms with Gasteiger partial charge in [-0.2, -0.15) is 4.68 Å². The summed E-state index contributed by atoms with van der Waals surface area (Å²) in [6.45, 7) is 0. The molecule has 7 nitrogen and oxygen atoms in total. The third-order valence-electron chi connectivity index (χ3n) is 5.39. The van der Waals surface area contributed by atoms with Crippen molar-refractivity contribution in [2.75, 3.05) is 0 Å². The number of nitrogens with zero attached hydrogens (tertiary/aromatic N) is 3. The maximum Gasteiger partial charge on any atom is 0.344 e. The largest absolute Gasteiger partial charge is 0.352 e. The molecule has 1 aliphatic carbocycles. The van der Waals surface area contributed by atoms with Crippen molar-refractivity contribution >= 4 is 23.0 Å². The fourth-order valence-corrected chi connectivity index (χ4v) is 3.84. The van der Waals surface area contributed by atoms with E-state index in [1.807, 2.05) is 42.5 Å². The standard InChI is InChI=1S/C22H25N5O2/c28-21(23-17-11-5-2-6-12-17)19(15-16-9-3-1-4-10-16)24-22(29)27-20-14-8-7-13-18(20)25-26-27/h1,3-4,7-10,13-14,17,19H,2,5-6,11-12,15H2,(H,23,28)(H,24,29)/t19-/m0/s1. The van der Waals surface area contributed by atoms with Gasteiger partial charge in [0.25, 0.3) is 0 Å². The lowest BCUT2D eigenvalue weighted by Crippen LogP contribution is -2.52. The van der Waals surface area contributed by atoms with E-state index in [9.17, 15) is 9.59 Å². The van der Waals surface area contributed by atoms with Crippen LogP contribution in [0.15, 0.2) is 54.6 Å². The van der Waals surface area contributed by atoms with Crippen LogP contribution in [-0.4, -0.2) is 39.0 Å². The van der Waals surface area contributed by atoms with Gasteiger partial charge in [0.1, 0.15) is 11.6 Å². The van der Waals surface area contributed by atoms with E-state index in [2.05, 4.69) is 20.9 Å². The number of rotatable bonds is 5. The zero-order valence-corrected chi connectivity index (χ0v) is 16.3. The second kappa shape index (κ2) is 8.86. The summed E-state index contributed by atoms with van der Waals surface area (Å²) in [4.78, 5) is 25.9. The van der Waals surface area contributed by atoms with Gasteiger partial charge in [-0.25, -0.2) is 4.79 Å². The highest BCUT2D eigenvalue weighted by Gasteiger charge is 2.26. The third-order valence-corrected chi connectivity index (χ3v) is 5.39. The van der Waals surface area contributed by atoms with E-state index in [1.165, 1.54) is 11.1 Å². The van der Waals surface area contributed by atoms with Crippen LogP contribution in [0.4, 0.5) is 4.79 Å². The first-order chi connectivity index (χ1) is 14.2. The molecule has 4 rings (SSSR count). The minimum atomic E-state index is -0.685. The van der Waals surface area contributed by atoms with Crippen molar-refractivity contribution in [2.45, 2.75) is 50.6 Å². The van der Waals surface area contributed by atoms with Gasteiger partial charge in [-0.1, -0.05) is 66.9 Å². The van der Waals surface area contributed by atoms with Crippen LogP contribution in [0.25, 0.3) is 11.0 Å². The molecular weight excluding hydrogens is 366 g/mol. The summed E-state index contributed by atoms with van der Waals surface area (Å²) in [5, 5.41) is 14.0. The molecule has 7 heteroatoms. The zero-order chi connectivity index (χ0) is 20.1. The van der Waals surface area contributed by atoms with Crippen LogP contribution in [-0.2, 0) is 11.2 Å². The first-order valence-electron chi connectivity index (χ1n) is 10.2. The molecule has 0 bridgehead atoms. The molecule has 0 saturated heterocycles. The minimum Gasteiger partial charge on any atom is -0.352 e. The molecule has 1 fully saturated rings. The van der Waals surface area contributed by atoms with Gasteiger partial charge in [0.2, 0.25) is 5.91 Å². The quantitative estimate of drug-likeness (QED) is 0.700. The van der Waals surface area contributed by atoms with Crippen molar-refractivity contribution in [1.29, 1.82) is 0 Å². The number of hydrogen-bond acceptors (Lipinski definition) is 4. The lowest BCUT2D eigenvalue weighted by atomic mass is 9.95. The van der Waals surface area contributed by atoms with E-state index in [-0.39, 0.29) is 11.9 Å². The van der Waals surface area contributed by atoms with E-state index < -0.39 is 12.1 Å². The summed E-state index contributed by atoms with van der Waals surface area (Å²) in [5.74, 6) is -0.154. The highest BCUT2D eigenvalue weighted by atomic mass is 16.2. The van der Waals surface area contributed by atoms with Crippen LogP contribution >= 0.6 is 0 Å². The van der Waals surface area contributed by atoms with Gasteiger partial charge in [0.05, 0.1) is 5.52 Å². The third kappa shape index (κ3) is 4.62. The molecule has 1 saturated carbocycles. The number of amides is 2. The number of para-hydroxylation sites is 1. The van der Waals surface area contributed by atoms with E-state index in [4.69, 9.17) is 0 Å². The smallest absolute Gasteiger partial charge is 0.344 e. The Balaban J connectivity index is 1.52. The molecule has 1 aliphatic rings. The minimum absolute atomic E-state index is 0.154. The lowest BCUT2D eigenvalue weighted by Gasteiger charge is -2.26. The Bertz CT molecular complexity index is 979. The maximum absolute atomic E-state index is 13.0. The average molecular weight is 391 g/mol. The van der Waals surface area contributed by atoms with Crippen LogP contribution in [0.2, 0.25) is 0 Å². The summed E-state index contributed by atoms with van der Waals surface area (Å²) >= 11 is 0. The van der Waals surface area contributed by atoms with Crippen molar-refractivity contribution in [2.24, 2.45) is 0 Å². The normalized spacial score (nSPS) is 15.7. The SMILES string of the molecule is O=C(NC1CCCCC1)[C@H](Cc1ccccc1)NC(=O)n1nnc2ccccc21. The number of carbonyl (C=O) groups is 2. The monoisotopic (exact) mass is 391 g/mol. The molecule has 0 radical (unpaired) electrons. The Morgan fingerprint density at radius 2 is 1.72 bits per heavy atom. The molecular formula is C22H25N5O2. The lowest BCUT2D eigenvalue weighted by molar-refractivity contribution is -0.123. The molecule has 2 N–H and O–H groups in total. The molecule has 0 unspecified atom stereocenters. The van der Waals surface area contributed by atoms with Crippen LogP contribution in [0.1, 0.15) is 37.7 Å². The molecule has 0 aliphatic heterocycles. The number of fused-ring (bicyclic) bond motifs is 1. The van der Waals surface area contributed by atoms with Gasteiger partial charge < -0.3 is 10.6 Å². The van der Waals surface area contributed by atoms with Gasteiger partial charge in [-0.3, -0.25) is 4.79 Å². The summed E-state index contributed by atoms with van der Waals surface area (Å²) in [7, 11) is 0. The Morgan fingerprint density at radius 1 is 1.00 bits per heavy atom. The topological polar surface area (TPSA) is 88.9 Å². The number of benzene rings is 2. The Hall–Kier alpha value is -3.22. The van der Waals surface area contributed by atoms with Crippen molar-refractivity contribution in [1.82, 2.24) is 25.6 Å². The molecule has 2 aromatic carbocycles. The molecule has 3 aromatic rings. The van der Waals surface area contributed by atoms with Crippen molar-refractivity contribution in [3.05, 3.63) is 60.2 Å². The van der Waals surface area contributed by atoms with E-state index in [0.29, 0.717) is 17.5 Å². The fraction of sp³-hybridized carbons (Fsp3) is 0.364. The summed E-state index contributed by atoms with van der Waals surface area (Å²) in [6.07, 6.45) is 5.88. The predicted octanol–water partition coefficient (Wildman–Crippen LogP) is 3.05. The highest BCUT2D eigenvalue weighted by Crippen LogP contribution is 2.18. The fourth-order valence-electron chi connectivity index (χ4n) is 3.84. The highest BCUT2D eigenvalue weighted by molar-refractivity contribution is 5.91. The van der Waals surface area contributed by atoms with Crippen molar-refractivity contribution < 1.29 is 9.59 Å². The predicted molar refractivity (Wildman–Crippen MR) is 110 cm³/mol. The van der Waals surface area contributed by atoms with Crippen LogP contribution < -0.4 is 10.6 Å². The molecule has 150 valence electrons. The van der Waals surface area contributed by atoms with Crippen LogP contribution in [0.3, 0.4) is 0 Å². The number of nitrogens with one attached hydrogen (secondary N) is 2. The molecule has 29 heavy (non-hydrogen) atoms. The molecule has 0 spiro atoms. The average Bonchev–Trinajstić information content (AvgIpc) is 3.19. The Morgan fingerprint density at radius 3 is 2.52 bits per heavy atom. The number of carbonyl (C=O) groups excluding carboxylic acids is 2. The van der Waals surface area contributed by atoms with Crippen molar-refractivity contribution in [3.8, 4) is 0 Å². The summed E-state index contributed by atoms with van der Waals surface area (Å²) in [6, 6.07) is 16.0. The number of hydrogen-bond donors (Lipinski definition) is 2. The van der Waals surface area contributed by atoms with Gasteiger partial charge in [0.15, 0.2) is 0 Å². The molecule has 2 amide bonds. The first-order valence-corrected chi connectivity index (χ1v) is 10.2. The van der Waals surface area contributed by atoms with E-state index in [0.717, 1.165) is 31.2 Å². The Labute approximate surface area is 169 Å².